The average Bonchev–Trinajstić information content (AvgIpc) is 2.62. The lowest BCUT2D eigenvalue weighted by Crippen LogP contribution is -2.44. The van der Waals surface area contributed by atoms with Crippen molar-refractivity contribution in [1.82, 2.24) is 9.88 Å². The van der Waals surface area contributed by atoms with Gasteiger partial charge < -0.3 is 14.5 Å². The number of likely N-dealkylation sites (tertiary alicyclic amines) is 1. The molecule has 1 aromatic carbocycles. The Balaban J connectivity index is 1.64. The standard InChI is InChI=1S/C19H23N3O2/c1-21(2)16-7-5-15(6-8-16)19(23)22-13-3-4-18(14-22)24-17-9-11-20-12-10-17/h5-12,18H,3-4,13-14H2,1-2H3. The van der Waals surface area contributed by atoms with Gasteiger partial charge in [-0.2, -0.15) is 0 Å². The van der Waals surface area contributed by atoms with Gasteiger partial charge in [0.15, 0.2) is 0 Å². The molecule has 1 saturated heterocycles. The largest absolute Gasteiger partial charge is 0.488 e. The first-order chi connectivity index (χ1) is 11.6. The van der Waals surface area contributed by atoms with E-state index < -0.39 is 0 Å². The summed E-state index contributed by atoms with van der Waals surface area (Å²) in [5.41, 5.74) is 1.81. The second-order valence-electron chi connectivity index (χ2n) is 6.26. The van der Waals surface area contributed by atoms with Gasteiger partial charge >= 0.3 is 0 Å². The number of hydrogen-bond acceptors (Lipinski definition) is 4. The highest BCUT2D eigenvalue weighted by molar-refractivity contribution is 5.94. The minimum Gasteiger partial charge on any atom is -0.488 e. The van der Waals surface area contributed by atoms with Crippen LogP contribution >= 0.6 is 0 Å². The molecule has 1 unspecified atom stereocenters. The quantitative estimate of drug-likeness (QED) is 0.867. The van der Waals surface area contributed by atoms with E-state index in [1.165, 1.54) is 0 Å². The van der Waals surface area contributed by atoms with Gasteiger partial charge in [-0.3, -0.25) is 9.78 Å². The third kappa shape index (κ3) is 3.85. The van der Waals surface area contributed by atoms with Crippen LogP contribution in [0.2, 0.25) is 0 Å². The highest BCUT2D eigenvalue weighted by Crippen LogP contribution is 2.20. The van der Waals surface area contributed by atoms with Crippen LogP contribution in [0.15, 0.2) is 48.8 Å². The third-order valence-electron chi connectivity index (χ3n) is 4.25. The zero-order valence-corrected chi connectivity index (χ0v) is 14.2. The lowest BCUT2D eigenvalue weighted by molar-refractivity contribution is 0.0538. The fourth-order valence-electron chi connectivity index (χ4n) is 2.91. The second-order valence-corrected chi connectivity index (χ2v) is 6.26. The zero-order valence-electron chi connectivity index (χ0n) is 14.2. The first kappa shape index (κ1) is 16.3. The summed E-state index contributed by atoms with van der Waals surface area (Å²) in [4.78, 5) is 20.6. The van der Waals surface area contributed by atoms with E-state index in [4.69, 9.17) is 4.74 Å². The fourth-order valence-corrected chi connectivity index (χ4v) is 2.91. The Labute approximate surface area is 142 Å². The summed E-state index contributed by atoms with van der Waals surface area (Å²) in [5.74, 6) is 0.878. The maximum Gasteiger partial charge on any atom is 0.253 e. The number of piperidine rings is 1. The van der Waals surface area contributed by atoms with E-state index in [0.717, 1.165) is 36.4 Å². The molecule has 5 nitrogen and oxygen atoms in total. The summed E-state index contributed by atoms with van der Waals surface area (Å²) in [5, 5.41) is 0. The molecule has 2 aromatic rings. The van der Waals surface area contributed by atoms with Crippen LogP contribution in [0.25, 0.3) is 0 Å². The Bertz CT molecular complexity index is 671. The van der Waals surface area contributed by atoms with Gasteiger partial charge in [-0.25, -0.2) is 0 Å². The molecule has 0 saturated carbocycles. The van der Waals surface area contributed by atoms with Crippen LogP contribution in [0.4, 0.5) is 5.69 Å². The molecule has 0 radical (unpaired) electrons. The van der Waals surface area contributed by atoms with Crippen molar-refractivity contribution >= 4 is 11.6 Å². The molecule has 5 heteroatoms. The van der Waals surface area contributed by atoms with Crippen molar-refractivity contribution in [3.05, 3.63) is 54.4 Å². The monoisotopic (exact) mass is 325 g/mol. The van der Waals surface area contributed by atoms with E-state index in [-0.39, 0.29) is 12.0 Å². The SMILES string of the molecule is CN(C)c1ccc(C(=O)N2CCCC(Oc3ccncc3)C2)cc1. The van der Waals surface area contributed by atoms with Gasteiger partial charge in [0.2, 0.25) is 0 Å². The molecule has 24 heavy (non-hydrogen) atoms. The second kappa shape index (κ2) is 7.34. The maximum atomic E-state index is 12.7. The summed E-state index contributed by atoms with van der Waals surface area (Å²) in [7, 11) is 3.98. The molecule has 3 rings (SSSR count). The zero-order chi connectivity index (χ0) is 16.9. The third-order valence-corrected chi connectivity index (χ3v) is 4.25. The van der Waals surface area contributed by atoms with Crippen molar-refractivity contribution < 1.29 is 9.53 Å². The highest BCUT2D eigenvalue weighted by atomic mass is 16.5. The Morgan fingerprint density at radius 3 is 2.54 bits per heavy atom. The molecular formula is C19H23N3O2. The van der Waals surface area contributed by atoms with Crippen molar-refractivity contribution in [3.8, 4) is 5.75 Å². The average molecular weight is 325 g/mol. The lowest BCUT2D eigenvalue weighted by Gasteiger charge is -2.33. The van der Waals surface area contributed by atoms with E-state index in [1.54, 1.807) is 12.4 Å². The Morgan fingerprint density at radius 1 is 1.17 bits per heavy atom. The molecule has 1 aromatic heterocycles. The van der Waals surface area contributed by atoms with Crippen LogP contribution < -0.4 is 9.64 Å². The van der Waals surface area contributed by atoms with Gasteiger partial charge in [0.1, 0.15) is 11.9 Å². The molecule has 126 valence electrons. The summed E-state index contributed by atoms with van der Waals surface area (Å²) in [6.07, 6.45) is 5.38. The smallest absolute Gasteiger partial charge is 0.253 e. The number of benzene rings is 1. The van der Waals surface area contributed by atoms with Gasteiger partial charge in [-0.15, -0.1) is 0 Å². The Morgan fingerprint density at radius 2 is 1.88 bits per heavy atom. The molecule has 1 aliphatic rings. The number of aromatic nitrogens is 1. The minimum atomic E-state index is 0.0335. The normalized spacial score (nSPS) is 17.4. The maximum absolute atomic E-state index is 12.7. The summed E-state index contributed by atoms with van der Waals surface area (Å²) < 4.78 is 5.98. The predicted octanol–water partition coefficient (Wildman–Crippen LogP) is 2.83. The van der Waals surface area contributed by atoms with E-state index in [9.17, 15) is 4.79 Å². The van der Waals surface area contributed by atoms with Crippen LogP contribution in [0, 0.1) is 0 Å². The van der Waals surface area contributed by atoms with E-state index in [1.807, 2.05) is 60.3 Å². The molecular weight excluding hydrogens is 302 g/mol. The molecule has 1 fully saturated rings. The Kier molecular flexibility index (Phi) is 4.99. The lowest BCUT2D eigenvalue weighted by atomic mass is 10.1. The number of carbonyl (C=O) groups is 1. The molecule has 0 spiro atoms. The molecule has 1 amide bonds. The number of amides is 1. The Hall–Kier alpha value is -2.56. The molecule has 0 N–H and O–H groups in total. The molecule has 2 heterocycles. The summed E-state index contributed by atoms with van der Waals surface area (Å²) in [6.45, 7) is 1.40. The number of anilines is 1. The van der Waals surface area contributed by atoms with Crippen molar-refractivity contribution in [3.63, 3.8) is 0 Å². The predicted molar refractivity (Wildman–Crippen MR) is 94.6 cm³/mol. The number of pyridine rings is 1. The highest BCUT2D eigenvalue weighted by Gasteiger charge is 2.25. The first-order valence-corrected chi connectivity index (χ1v) is 8.27. The number of carbonyl (C=O) groups excluding carboxylic acids is 1. The number of rotatable bonds is 4. The molecule has 1 atom stereocenters. The fraction of sp³-hybridized carbons (Fsp3) is 0.368. The molecule has 1 aliphatic heterocycles. The molecule has 0 aliphatic carbocycles. The van der Waals surface area contributed by atoms with Crippen molar-refractivity contribution in [2.24, 2.45) is 0 Å². The van der Waals surface area contributed by atoms with E-state index in [0.29, 0.717) is 6.54 Å². The van der Waals surface area contributed by atoms with E-state index >= 15 is 0 Å². The van der Waals surface area contributed by atoms with Crippen LogP contribution in [-0.4, -0.2) is 49.1 Å². The van der Waals surface area contributed by atoms with E-state index in [2.05, 4.69) is 4.98 Å². The topological polar surface area (TPSA) is 45.7 Å². The van der Waals surface area contributed by atoms with Crippen molar-refractivity contribution in [2.75, 3.05) is 32.1 Å². The van der Waals surface area contributed by atoms with Gasteiger partial charge in [-0.1, -0.05) is 0 Å². The number of ether oxygens (including phenoxy) is 1. The first-order valence-electron chi connectivity index (χ1n) is 8.27. The van der Waals surface area contributed by atoms with Crippen LogP contribution in [-0.2, 0) is 0 Å². The summed E-state index contributed by atoms with van der Waals surface area (Å²) in [6, 6.07) is 11.4. The number of nitrogens with zero attached hydrogens (tertiary/aromatic N) is 3. The van der Waals surface area contributed by atoms with Gasteiger partial charge in [-0.05, 0) is 49.2 Å². The van der Waals surface area contributed by atoms with Gasteiger partial charge in [0, 0.05) is 44.3 Å². The molecule has 0 bridgehead atoms. The number of hydrogen-bond donors (Lipinski definition) is 0. The van der Waals surface area contributed by atoms with Gasteiger partial charge in [0.05, 0.1) is 6.54 Å². The van der Waals surface area contributed by atoms with Crippen molar-refractivity contribution in [2.45, 2.75) is 18.9 Å². The van der Waals surface area contributed by atoms with Crippen LogP contribution in [0.1, 0.15) is 23.2 Å². The van der Waals surface area contributed by atoms with Crippen molar-refractivity contribution in [1.29, 1.82) is 0 Å². The van der Waals surface area contributed by atoms with Gasteiger partial charge in [0.25, 0.3) is 5.91 Å². The van der Waals surface area contributed by atoms with Crippen LogP contribution in [0.5, 0.6) is 5.75 Å². The van der Waals surface area contributed by atoms with Crippen LogP contribution in [0.3, 0.4) is 0 Å². The minimum absolute atomic E-state index is 0.0335. The summed E-state index contributed by atoms with van der Waals surface area (Å²) >= 11 is 0.